The summed E-state index contributed by atoms with van der Waals surface area (Å²) in [5, 5.41) is 0. The lowest BCUT2D eigenvalue weighted by Crippen LogP contribution is -2.64. The van der Waals surface area contributed by atoms with E-state index in [1.54, 1.807) is 0 Å². The van der Waals surface area contributed by atoms with Gasteiger partial charge in [0.25, 0.3) is 13.4 Å². The fourth-order valence-corrected chi connectivity index (χ4v) is 18.7. The largest absolute Gasteiger partial charge is 0.458 e. The van der Waals surface area contributed by atoms with Gasteiger partial charge in [0.15, 0.2) is 0 Å². The van der Waals surface area contributed by atoms with Crippen LogP contribution < -0.4 is 57.1 Å². The zero-order chi connectivity index (χ0) is 72.6. The van der Waals surface area contributed by atoms with Gasteiger partial charge in [0.05, 0.1) is 5.69 Å². The summed E-state index contributed by atoms with van der Waals surface area (Å²) in [5.41, 5.74) is 45.0. The molecule has 0 atom stereocenters. The van der Waals surface area contributed by atoms with Crippen LogP contribution in [0.3, 0.4) is 0 Å². The molecule has 107 heavy (non-hydrogen) atoms. The zero-order valence-corrected chi connectivity index (χ0v) is 62.2. The second kappa shape index (κ2) is 25.6. The van der Waals surface area contributed by atoms with E-state index in [4.69, 9.17) is 4.74 Å². The molecule has 0 spiro atoms. The standard InChI is InChI=1S/C100H80B2N4O/c1-61-24-19-25-62(2)94(61)71-40-47-78(48-41-71)103(79-49-42-72(43-50-79)95-63(3)26-20-27-64(95)4)81-57-91-100-93(58-81)107-92-60-88-84(59-85(92)101(100)82-38-17-18-39-86(82)104(91)76-34-13-11-14-35-76)102-83-54-74(97-67(7)30-22-31-68(97)8)46-53-87(83)105(80-51-44-73(45-52-80)96-65(5)28-21-29-66(96)6)89-55-75(98-69(9)32-23-33-70(98)10)56-90(99(89)102)106(88)77-36-15-12-16-37-77/h11-60H,1-10H3. The minimum atomic E-state index is -0.227. The van der Waals surface area contributed by atoms with Crippen molar-refractivity contribution < 1.29 is 4.74 Å². The number of anilines is 12. The lowest BCUT2D eigenvalue weighted by Gasteiger charge is -2.46. The monoisotopic (exact) mass is 1370 g/mol. The van der Waals surface area contributed by atoms with Gasteiger partial charge in [-0.05, 0) is 304 Å². The highest BCUT2D eigenvalue weighted by Crippen LogP contribution is 2.52. The van der Waals surface area contributed by atoms with E-state index in [0.29, 0.717) is 0 Å². The average Bonchev–Trinajstić information content (AvgIpc) is 0.686. The maximum absolute atomic E-state index is 7.98. The predicted octanol–water partition coefficient (Wildman–Crippen LogP) is 23.1. The summed E-state index contributed by atoms with van der Waals surface area (Å²) in [6.45, 7) is 21.9. The van der Waals surface area contributed by atoms with Crippen molar-refractivity contribution in [3.8, 4) is 67.1 Å². The highest BCUT2D eigenvalue weighted by atomic mass is 16.5. The maximum atomic E-state index is 7.98. The van der Waals surface area contributed by atoms with Gasteiger partial charge in [-0.1, -0.05) is 200 Å². The van der Waals surface area contributed by atoms with Crippen LogP contribution in [0.1, 0.15) is 55.6 Å². The van der Waals surface area contributed by atoms with Crippen LogP contribution in [-0.4, -0.2) is 13.4 Å². The van der Waals surface area contributed by atoms with Crippen LogP contribution in [0.25, 0.3) is 55.6 Å². The van der Waals surface area contributed by atoms with Crippen molar-refractivity contribution in [2.45, 2.75) is 69.2 Å². The molecule has 512 valence electrons. The first-order chi connectivity index (χ1) is 52.2. The van der Waals surface area contributed by atoms with Gasteiger partial charge < -0.3 is 24.3 Å². The SMILES string of the molecule is Cc1cccc(C)c1-c1ccc(N(c2ccc(-c3c(C)cccc3C)cc2)c2cc3c4c(c2)N(c2ccccc2)c2ccccc2B4c2cc4c(cc2O3)N(c2ccccc2)c2cc(-c3c(C)cccc3C)cc3c2B4c2cc(-c4c(C)cccc4C)ccc2N3c2ccc(-c3c(C)cccc3C)cc2)cc1. The molecule has 4 aliphatic rings. The molecular formula is C100H80B2N4O. The van der Waals surface area contributed by atoms with E-state index >= 15 is 0 Å². The molecule has 0 saturated carbocycles. The number of nitrogens with zero attached hydrogens (tertiary/aromatic N) is 4. The number of hydrogen-bond donors (Lipinski definition) is 0. The minimum absolute atomic E-state index is 0.227. The molecule has 0 amide bonds. The van der Waals surface area contributed by atoms with Crippen LogP contribution in [0.5, 0.6) is 11.5 Å². The Labute approximate surface area is 630 Å². The van der Waals surface area contributed by atoms with Crippen LogP contribution in [0.15, 0.2) is 303 Å². The second-order valence-electron chi connectivity index (χ2n) is 30.0. The summed E-state index contributed by atoms with van der Waals surface area (Å²) in [5.74, 6) is 1.65. The summed E-state index contributed by atoms with van der Waals surface area (Å²) in [6.07, 6.45) is 0. The third-order valence-corrected chi connectivity index (χ3v) is 23.4. The Morgan fingerprint density at radius 3 is 1.07 bits per heavy atom. The van der Waals surface area contributed by atoms with E-state index in [-0.39, 0.29) is 13.4 Å². The van der Waals surface area contributed by atoms with Crippen molar-refractivity contribution in [3.05, 3.63) is 359 Å². The number of para-hydroxylation sites is 3. The van der Waals surface area contributed by atoms with Gasteiger partial charge >= 0.3 is 0 Å². The van der Waals surface area contributed by atoms with Crippen molar-refractivity contribution in [2.75, 3.05) is 19.6 Å². The minimum Gasteiger partial charge on any atom is -0.458 e. The topological polar surface area (TPSA) is 22.2 Å². The summed E-state index contributed by atoms with van der Waals surface area (Å²) in [6, 6.07) is 114. The first-order valence-electron chi connectivity index (χ1n) is 37.6. The average molecular weight is 1380 g/mol. The van der Waals surface area contributed by atoms with Gasteiger partial charge in [-0.15, -0.1) is 0 Å². The van der Waals surface area contributed by atoms with Crippen molar-refractivity contribution in [1.82, 2.24) is 0 Å². The zero-order valence-electron chi connectivity index (χ0n) is 62.2. The van der Waals surface area contributed by atoms with E-state index in [1.807, 2.05) is 0 Å². The number of aryl methyl sites for hydroxylation is 10. The molecule has 0 bridgehead atoms. The van der Waals surface area contributed by atoms with Crippen molar-refractivity contribution in [2.24, 2.45) is 0 Å². The summed E-state index contributed by atoms with van der Waals surface area (Å²) in [7, 11) is 0. The van der Waals surface area contributed by atoms with E-state index < -0.39 is 0 Å². The molecule has 0 saturated heterocycles. The number of benzene rings is 15. The molecule has 0 fully saturated rings. The normalized spacial score (nSPS) is 12.7. The Morgan fingerprint density at radius 1 is 0.224 bits per heavy atom. The molecule has 19 rings (SSSR count). The van der Waals surface area contributed by atoms with E-state index in [9.17, 15) is 0 Å². The molecule has 0 aliphatic carbocycles. The highest BCUT2D eigenvalue weighted by Gasteiger charge is 2.48. The van der Waals surface area contributed by atoms with Crippen LogP contribution >= 0.6 is 0 Å². The van der Waals surface area contributed by atoms with Gasteiger partial charge in [0, 0.05) is 74.7 Å². The van der Waals surface area contributed by atoms with E-state index in [0.717, 1.165) is 90.7 Å². The quantitative estimate of drug-likeness (QED) is 0.120. The lowest BCUT2D eigenvalue weighted by molar-refractivity contribution is 0.488. The Hall–Kier alpha value is -12.6. The number of fused-ring (bicyclic) bond motifs is 8. The molecule has 0 radical (unpaired) electrons. The first kappa shape index (κ1) is 65.2. The van der Waals surface area contributed by atoms with Gasteiger partial charge in [-0.2, -0.15) is 0 Å². The summed E-state index contributed by atoms with van der Waals surface area (Å²) >= 11 is 0. The van der Waals surface area contributed by atoms with Crippen LogP contribution in [-0.2, 0) is 0 Å². The summed E-state index contributed by atoms with van der Waals surface area (Å²) < 4.78 is 7.98. The number of hydrogen-bond acceptors (Lipinski definition) is 5. The Bertz CT molecular complexity index is 5930. The van der Waals surface area contributed by atoms with Gasteiger partial charge in [-0.25, -0.2) is 0 Å². The van der Waals surface area contributed by atoms with Crippen molar-refractivity contribution in [1.29, 1.82) is 0 Å². The first-order valence-corrected chi connectivity index (χ1v) is 37.6. The fourth-order valence-electron chi connectivity index (χ4n) is 18.7. The lowest BCUT2D eigenvalue weighted by atomic mass is 9.30. The van der Waals surface area contributed by atoms with Gasteiger partial charge in [0.2, 0.25) is 0 Å². The van der Waals surface area contributed by atoms with Crippen LogP contribution in [0.2, 0.25) is 0 Å². The van der Waals surface area contributed by atoms with Crippen LogP contribution in [0, 0.1) is 69.2 Å². The Kier molecular flexibility index (Phi) is 15.6. The van der Waals surface area contributed by atoms with Crippen molar-refractivity contribution >= 4 is 114 Å². The van der Waals surface area contributed by atoms with Crippen molar-refractivity contribution in [3.63, 3.8) is 0 Å². The second-order valence-corrected chi connectivity index (χ2v) is 30.0. The smallest absolute Gasteiger partial charge is 0.256 e. The van der Waals surface area contributed by atoms with E-state index in [1.165, 1.54) is 133 Å². The molecule has 15 aromatic carbocycles. The molecule has 0 unspecified atom stereocenters. The fraction of sp³-hybridized carbons (Fsp3) is 0.100. The third kappa shape index (κ3) is 10.6. The Balaban J connectivity index is 0.871. The molecular weight excluding hydrogens is 1290 g/mol. The maximum Gasteiger partial charge on any atom is 0.256 e. The molecule has 7 heteroatoms. The van der Waals surface area contributed by atoms with Gasteiger partial charge in [-0.3, -0.25) is 0 Å². The predicted molar refractivity (Wildman–Crippen MR) is 456 cm³/mol. The molecule has 15 aromatic rings. The molecule has 0 N–H and O–H groups in total. The van der Waals surface area contributed by atoms with Gasteiger partial charge in [0.1, 0.15) is 11.5 Å². The molecule has 4 aliphatic heterocycles. The summed E-state index contributed by atoms with van der Waals surface area (Å²) in [4.78, 5) is 10.1. The Morgan fingerprint density at radius 2 is 0.589 bits per heavy atom. The molecule has 0 aromatic heterocycles. The molecule has 4 heterocycles. The molecule has 5 nitrogen and oxygen atoms in total. The highest BCUT2D eigenvalue weighted by molar-refractivity contribution is 7.02. The van der Waals surface area contributed by atoms with Crippen LogP contribution in [0.4, 0.5) is 68.2 Å². The third-order valence-electron chi connectivity index (χ3n) is 23.4. The van der Waals surface area contributed by atoms with E-state index in [2.05, 4.69) is 392 Å². The number of ether oxygens (including phenoxy) is 1. The number of rotatable bonds is 11.